The second-order valence-corrected chi connectivity index (χ2v) is 3.73. The second-order valence-electron chi connectivity index (χ2n) is 3.73. The normalized spacial score (nSPS) is 11.8. The lowest BCUT2D eigenvalue weighted by molar-refractivity contribution is 0.424. The van der Waals surface area contributed by atoms with Gasteiger partial charge < -0.3 is 0 Å². The van der Waals surface area contributed by atoms with Crippen molar-refractivity contribution in [2.45, 2.75) is 0 Å². The molecule has 0 aliphatic rings. The lowest BCUT2D eigenvalue weighted by Crippen LogP contribution is -2.36. The van der Waals surface area contributed by atoms with Gasteiger partial charge in [0.05, 0.1) is 21.1 Å². The predicted octanol–water partition coefficient (Wildman–Crippen LogP) is 2.30. The van der Waals surface area contributed by atoms with E-state index in [1.165, 1.54) is 0 Å². The minimum Gasteiger partial charge on any atom is -0.293 e. The number of rotatable bonds is 1. The van der Waals surface area contributed by atoms with Gasteiger partial charge in [0.15, 0.2) is 11.6 Å². The topological polar surface area (TPSA) is 0 Å². The summed E-state index contributed by atoms with van der Waals surface area (Å²) in [5.41, 5.74) is -0.138. The van der Waals surface area contributed by atoms with Crippen molar-refractivity contribution >= 4 is 5.69 Å². The van der Waals surface area contributed by atoms with Gasteiger partial charge in [-0.2, -0.15) is 0 Å². The van der Waals surface area contributed by atoms with E-state index >= 15 is 0 Å². The molecule has 1 aromatic rings. The van der Waals surface area contributed by atoms with Crippen LogP contribution >= 0.6 is 0 Å². The fraction of sp³-hybridized carbons (Fsp3) is 0.333. The minimum absolute atomic E-state index is 0.0159. The molecule has 0 fully saturated rings. The van der Waals surface area contributed by atoms with E-state index in [1.807, 2.05) is 0 Å². The third-order valence-electron chi connectivity index (χ3n) is 1.65. The summed E-state index contributed by atoms with van der Waals surface area (Å²) in [6.45, 7) is 0. The SMILES string of the molecule is C[N+](C)(C)c1c(F)cc(F)cc1F. The molecule has 0 saturated heterocycles. The van der Waals surface area contributed by atoms with Crippen molar-refractivity contribution in [1.82, 2.24) is 4.48 Å². The van der Waals surface area contributed by atoms with Crippen LogP contribution in [-0.2, 0) is 0 Å². The molecule has 0 bridgehead atoms. The van der Waals surface area contributed by atoms with E-state index in [1.54, 1.807) is 21.1 Å². The largest absolute Gasteiger partial charge is 0.293 e. The zero-order valence-electron chi connectivity index (χ0n) is 7.74. The molecule has 0 aliphatic heterocycles. The Balaban J connectivity index is 3.38. The summed E-state index contributed by atoms with van der Waals surface area (Å²) in [5, 5.41) is 0. The van der Waals surface area contributed by atoms with E-state index in [2.05, 4.69) is 0 Å². The van der Waals surface area contributed by atoms with Crippen molar-refractivity contribution in [2.24, 2.45) is 0 Å². The first kappa shape index (κ1) is 10.1. The summed E-state index contributed by atoms with van der Waals surface area (Å²) >= 11 is 0. The Kier molecular flexibility index (Phi) is 2.34. The molecule has 13 heavy (non-hydrogen) atoms. The van der Waals surface area contributed by atoms with Crippen molar-refractivity contribution in [3.8, 4) is 0 Å². The number of halogens is 3. The van der Waals surface area contributed by atoms with Gasteiger partial charge in [-0.3, -0.25) is 4.48 Å². The predicted molar refractivity (Wildman–Crippen MR) is 45.9 cm³/mol. The van der Waals surface area contributed by atoms with Crippen LogP contribution in [0.5, 0.6) is 0 Å². The summed E-state index contributed by atoms with van der Waals surface area (Å²) in [4.78, 5) is 0. The van der Waals surface area contributed by atoms with Crippen LogP contribution in [0, 0.1) is 17.5 Å². The smallest absolute Gasteiger partial charge is 0.204 e. The molecule has 1 aromatic carbocycles. The molecule has 0 spiro atoms. The van der Waals surface area contributed by atoms with Crippen LogP contribution in [0.15, 0.2) is 12.1 Å². The molecule has 0 unspecified atom stereocenters. The van der Waals surface area contributed by atoms with Gasteiger partial charge in [-0.25, -0.2) is 13.2 Å². The number of hydrogen-bond acceptors (Lipinski definition) is 0. The molecule has 1 rings (SSSR count). The third kappa shape index (κ3) is 2.01. The van der Waals surface area contributed by atoms with Gasteiger partial charge in [0.2, 0.25) is 5.69 Å². The molecule has 0 saturated carbocycles. The summed E-state index contributed by atoms with van der Waals surface area (Å²) in [6.07, 6.45) is 0. The third-order valence-corrected chi connectivity index (χ3v) is 1.65. The number of nitrogens with zero attached hydrogens (tertiary/aromatic N) is 1. The standard InChI is InChI=1S/C9H11F3N/c1-13(2,3)9-7(11)4-6(10)5-8(9)12/h4-5H,1-3H3/q+1. The maximum absolute atomic E-state index is 13.1. The van der Waals surface area contributed by atoms with Gasteiger partial charge in [-0.15, -0.1) is 0 Å². The summed E-state index contributed by atoms with van der Waals surface area (Å²) in [5.74, 6) is -2.61. The molecule has 72 valence electrons. The highest BCUT2D eigenvalue weighted by atomic mass is 19.1. The highest BCUT2D eigenvalue weighted by Gasteiger charge is 2.24. The van der Waals surface area contributed by atoms with Gasteiger partial charge in [-0.05, 0) is 0 Å². The van der Waals surface area contributed by atoms with Crippen molar-refractivity contribution in [1.29, 1.82) is 0 Å². The fourth-order valence-corrected chi connectivity index (χ4v) is 1.18. The first-order valence-electron chi connectivity index (χ1n) is 3.79. The van der Waals surface area contributed by atoms with E-state index in [4.69, 9.17) is 0 Å². The Bertz CT molecular complexity index is 305. The van der Waals surface area contributed by atoms with Gasteiger partial charge in [0, 0.05) is 12.1 Å². The van der Waals surface area contributed by atoms with Gasteiger partial charge in [-0.1, -0.05) is 0 Å². The monoisotopic (exact) mass is 190 g/mol. The molecule has 0 aliphatic carbocycles. The zero-order valence-corrected chi connectivity index (χ0v) is 7.74. The van der Waals surface area contributed by atoms with Crippen molar-refractivity contribution < 1.29 is 13.2 Å². The molecular weight excluding hydrogens is 179 g/mol. The van der Waals surface area contributed by atoms with E-state index in [0.717, 1.165) is 0 Å². The Morgan fingerprint density at radius 1 is 0.923 bits per heavy atom. The minimum atomic E-state index is -0.896. The highest BCUT2D eigenvalue weighted by molar-refractivity contribution is 5.44. The second kappa shape index (κ2) is 3.03. The van der Waals surface area contributed by atoms with Crippen LogP contribution < -0.4 is 4.48 Å². The highest BCUT2D eigenvalue weighted by Crippen LogP contribution is 2.25. The van der Waals surface area contributed by atoms with Crippen molar-refractivity contribution in [3.63, 3.8) is 0 Å². The molecule has 1 nitrogen and oxygen atoms in total. The Morgan fingerprint density at radius 3 is 1.62 bits per heavy atom. The molecule has 0 atom stereocenters. The number of quaternary nitrogens is 1. The summed E-state index contributed by atoms with van der Waals surface area (Å²) in [7, 11) is 4.83. The van der Waals surface area contributed by atoms with Crippen LogP contribution in [0.4, 0.5) is 18.9 Å². The van der Waals surface area contributed by atoms with E-state index in [0.29, 0.717) is 12.1 Å². The van der Waals surface area contributed by atoms with E-state index in [-0.39, 0.29) is 10.2 Å². The summed E-state index contributed by atoms with van der Waals surface area (Å²) < 4.78 is 38.7. The molecule has 0 amide bonds. The first-order valence-corrected chi connectivity index (χ1v) is 3.79. The number of hydrogen-bond donors (Lipinski definition) is 0. The van der Waals surface area contributed by atoms with Crippen molar-refractivity contribution in [2.75, 3.05) is 21.1 Å². The molecule has 0 heterocycles. The molecule has 0 aromatic heterocycles. The lowest BCUT2D eigenvalue weighted by Gasteiger charge is -2.23. The quantitative estimate of drug-likeness (QED) is 0.596. The van der Waals surface area contributed by atoms with Crippen LogP contribution in [0.2, 0.25) is 0 Å². The zero-order chi connectivity index (χ0) is 10.2. The molecule has 4 heteroatoms. The van der Waals surface area contributed by atoms with Crippen LogP contribution in [-0.4, -0.2) is 21.1 Å². The lowest BCUT2D eigenvalue weighted by atomic mass is 10.2. The molecule has 0 radical (unpaired) electrons. The number of benzene rings is 1. The Labute approximate surface area is 75.0 Å². The van der Waals surface area contributed by atoms with Gasteiger partial charge in [0.25, 0.3) is 0 Å². The first-order chi connectivity index (χ1) is 5.82. The summed E-state index contributed by atoms with van der Waals surface area (Å²) in [6, 6.07) is 1.36. The molecular formula is C9H11F3N+. The van der Waals surface area contributed by atoms with E-state index in [9.17, 15) is 13.2 Å². The van der Waals surface area contributed by atoms with Crippen molar-refractivity contribution in [3.05, 3.63) is 29.6 Å². The van der Waals surface area contributed by atoms with Crippen LogP contribution in [0.25, 0.3) is 0 Å². The Hall–Kier alpha value is -1.03. The van der Waals surface area contributed by atoms with Gasteiger partial charge >= 0.3 is 0 Å². The maximum Gasteiger partial charge on any atom is 0.204 e. The molecule has 0 N–H and O–H groups in total. The van der Waals surface area contributed by atoms with Crippen LogP contribution in [0.1, 0.15) is 0 Å². The average Bonchev–Trinajstić information content (AvgIpc) is 1.78. The van der Waals surface area contributed by atoms with Gasteiger partial charge in [0.1, 0.15) is 5.82 Å². The average molecular weight is 190 g/mol. The van der Waals surface area contributed by atoms with E-state index < -0.39 is 17.5 Å². The maximum atomic E-state index is 13.1. The van der Waals surface area contributed by atoms with Crippen LogP contribution in [0.3, 0.4) is 0 Å². The Morgan fingerprint density at radius 2 is 1.31 bits per heavy atom. The fourth-order valence-electron chi connectivity index (χ4n) is 1.18.